The number of hydrogen-bond acceptors (Lipinski definition) is 5. The molecule has 0 fully saturated rings. The van der Waals surface area contributed by atoms with E-state index in [1.54, 1.807) is 12.3 Å². The quantitative estimate of drug-likeness (QED) is 0.819. The zero-order chi connectivity index (χ0) is 16.3. The molecule has 118 valence electrons. The number of aromatic nitrogens is 2. The highest BCUT2D eigenvalue weighted by Gasteiger charge is 2.15. The van der Waals surface area contributed by atoms with Crippen molar-refractivity contribution in [2.45, 2.75) is 18.2 Å². The van der Waals surface area contributed by atoms with Gasteiger partial charge in [-0.1, -0.05) is 0 Å². The summed E-state index contributed by atoms with van der Waals surface area (Å²) in [6.45, 7) is 1.97. The van der Waals surface area contributed by atoms with Crippen LogP contribution in [0.5, 0.6) is 0 Å². The molecule has 1 N–H and O–H groups in total. The van der Waals surface area contributed by atoms with Gasteiger partial charge >= 0.3 is 0 Å². The van der Waals surface area contributed by atoms with Gasteiger partial charge in [0, 0.05) is 44.2 Å². The third-order valence-corrected chi connectivity index (χ3v) is 4.53. The number of aryl methyl sites for hydroxylation is 1. The number of carbonyl (C=O) groups excluding carboxylic acids is 1. The minimum Gasteiger partial charge on any atom is -0.384 e. The first-order valence-electron chi connectivity index (χ1n) is 6.84. The summed E-state index contributed by atoms with van der Waals surface area (Å²) in [4.78, 5) is 15.9. The summed E-state index contributed by atoms with van der Waals surface area (Å²) < 4.78 is 25.6. The molecule has 2 aromatic rings. The first-order chi connectivity index (χ1) is 10.3. The van der Waals surface area contributed by atoms with Crippen LogP contribution in [-0.2, 0) is 23.3 Å². The van der Waals surface area contributed by atoms with E-state index in [9.17, 15) is 13.2 Å². The molecular weight excluding hydrogens is 302 g/mol. The number of sulfone groups is 1. The Morgan fingerprint density at radius 3 is 2.64 bits per heavy atom. The molecule has 22 heavy (non-hydrogen) atoms. The third-order valence-electron chi connectivity index (χ3n) is 3.37. The Bertz CT molecular complexity index is 794. The van der Waals surface area contributed by atoms with Crippen LogP contribution in [0.1, 0.15) is 23.1 Å². The van der Waals surface area contributed by atoms with Gasteiger partial charge in [0.2, 0.25) is 0 Å². The van der Waals surface area contributed by atoms with E-state index in [2.05, 4.69) is 10.3 Å². The lowest BCUT2D eigenvalue weighted by atomic mass is 10.1. The van der Waals surface area contributed by atoms with Crippen molar-refractivity contribution in [1.29, 1.82) is 0 Å². The van der Waals surface area contributed by atoms with Gasteiger partial charge in [-0.2, -0.15) is 0 Å². The van der Waals surface area contributed by atoms with Crippen molar-refractivity contribution in [3.05, 3.63) is 42.0 Å². The highest BCUT2D eigenvalue weighted by Crippen LogP contribution is 2.23. The van der Waals surface area contributed by atoms with Crippen LogP contribution in [0.3, 0.4) is 0 Å². The summed E-state index contributed by atoms with van der Waals surface area (Å²) in [7, 11) is -1.46. The number of anilines is 1. The normalized spacial score (nSPS) is 11.4. The largest absolute Gasteiger partial charge is 0.384 e. The Hall–Kier alpha value is -2.15. The zero-order valence-corrected chi connectivity index (χ0v) is 13.6. The van der Waals surface area contributed by atoms with Crippen molar-refractivity contribution in [3.63, 3.8) is 0 Å². The summed E-state index contributed by atoms with van der Waals surface area (Å²) in [6, 6.07) is 4.58. The molecule has 0 spiro atoms. The van der Waals surface area contributed by atoms with Gasteiger partial charge in [0.25, 0.3) is 0 Å². The molecule has 2 rings (SSSR count). The smallest absolute Gasteiger partial charge is 0.177 e. The Balaban J connectivity index is 2.22. The van der Waals surface area contributed by atoms with Crippen LogP contribution in [0.2, 0.25) is 0 Å². The Kier molecular flexibility index (Phi) is 4.65. The first-order valence-corrected chi connectivity index (χ1v) is 8.73. The molecule has 0 atom stereocenters. The monoisotopic (exact) mass is 321 g/mol. The maximum Gasteiger partial charge on any atom is 0.177 e. The van der Waals surface area contributed by atoms with Crippen molar-refractivity contribution < 1.29 is 13.2 Å². The molecule has 0 aliphatic heterocycles. The highest BCUT2D eigenvalue weighted by atomic mass is 32.2. The average molecular weight is 321 g/mol. The average Bonchev–Trinajstić information content (AvgIpc) is 2.83. The molecule has 0 saturated carbocycles. The summed E-state index contributed by atoms with van der Waals surface area (Å²) in [6.07, 6.45) is 5.37. The fraction of sp³-hybridized carbons (Fsp3) is 0.333. The minimum absolute atomic E-state index is 0.104. The molecule has 1 aromatic heterocycles. The fourth-order valence-corrected chi connectivity index (χ4v) is 3.00. The van der Waals surface area contributed by atoms with Crippen molar-refractivity contribution in [2.75, 3.05) is 18.1 Å². The van der Waals surface area contributed by atoms with Crippen LogP contribution >= 0.6 is 0 Å². The zero-order valence-electron chi connectivity index (χ0n) is 12.8. The van der Waals surface area contributed by atoms with E-state index in [0.717, 1.165) is 12.1 Å². The van der Waals surface area contributed by atoms with Crippen LogP contribution in [-0.4, -0.2) is 36.6 Å². The fourth-order valence-electron chi connectivity index (χ4n) is 2.16. The number of nitrogens with zero attached hydrogens (tertiary/aromatic N) is 2. The molecule has 0 radical (unpaired) electrons. The molecule has 1 heterocycles. The van der Waals surface area contributed by atoms with E-state index in [4.69, 9.17) is 0 Å². The van der Waals surface area contributed by atoms with Crippen molar-refractivity contribution in [3.8, 4) is 0 Å². The molecule has 7 heteroatoms. The second kappa shape index (κ2) is 6.31. The van der Waals surface area contributed by atoms with Gasteiger partial charge in [-0.3, -0.25) is 4.79 Å². The van der Waals surface area contributed by atoms with Crippen LogP contribution in [0.15, 0.2) is 35.5 Å². The van der Waals surface area contributed by atoms with Gasteiger partial charge in [-0.15, -0.1) is 0 Å². The Labute approximate surface area is 130 Å². The number of imidazole rings is 1. The molecule has 6 nitrogen and oxygen atoms in total. The van der Waals surface area contributed by atoms with Crippen LogP contribution in [0, 0.1) is 0 Å². The number of nitrogens with one attached hydrogen (secondary N) is 1. The van der Waals surface area contributed by atoms with Gasteiger partial charge in [-0.05, 0) is 25.1 Å². The summed E-state index contributed by atoms with van der Waals surface area (Å²) >= 11 is 0. The molecule has 0 aliphatic rings. The highest BCUT2D eigenvalue weighted by molar-refractivity contribution is 7.90. The van der Waals surface area contributed by atoms with E-state index < -0.39 is 9.84 Å². The number of carbonyl (C=O) groups is 1. The SMILES string of the molecule is CC(=O)c1ccc(S(C)(=O)=O)c(NCCc2nccn2C)c1. The van der Waals surface area contributed by atoms with Gasteiger partial charge < -0.3 is 9.88 Å². The van der Waals surface area contributed by atoms with Crippen molar-refractivity contribution >= 4 is 21.3 Å². The summed E-state index contributed by atoms with van der Waals surface area (Å²) in [5.74, 6) is 0.795. The number of rotatable bonds is 6. The minimum atomic E-state index is -3.36. The van der Waals surface area contributed by atoms with Gasteiger partial charge in [0.15, 0.2) is 15.6 Å². The summed E-state index contributed by atoms with van der Waals surface area (Å²) in [5, 5.41) is 3.10. The first kappa shape index (κ1) is 16.2. The van der Waals surface area contributed by atoms with E-state index in [0.29, 0.717) is 24.2 Å². The number of hydrogen-bond donors (Lipinski definition) is 1. The predicted molar refractivity (Wildman–Crippen MR) is 85.0 cm³/mol. The lowest BCUT2D eigenvalue weighted by Gasteiger charge is -2.12. The van der Waals surface area contributed by atoms with E-state index in [-0.39, 0.29) is 10.7 Å². The summed E-state index contributed by atoms with van der Waals surface area (Å²) in [5.41, 5.74) is 0.927. The molecule has 1 aromatic carbocycles. The Morgan fingerprint density at radius 2 is 2.09 bits per heavy atom. The molecule has 0 saturated heterocycles. The van der Waals surface area contributed by atoms with Crippen LogP contribution in [0.25, 0.3) is 0 Å². The topological polar surface area (TPSA) is 81.1 Å². The second-order valence-corrected chi connectivity index (χ2v) is 7.15. The predicted octanol–water partition coefficient (Wildman–Crippen LogP) is 1.68. The van der Waals surface area contributed by atoms with E-state index >= 15 is 0 Å². The molecular formula is C15H19N3O3S. The van der Waals surface area contributed by atoms with Gasteiger partial charge in [0.1, 0.15) is 5.82 Å². The number of benzene rings is 1. The third kappa shape index (κ3) is 3.73. The number of ketones is 1. The van der Waals surface area contributed by atoms with Crippen molar-refractivity contribution in [1.82, 2.24) is 9.55 Å². The molecule has 0 bridgehead atoms. The molecule has 0 amide bonds. The van der Waals surface area contributed by atoms with Crippen LogP contribution < -0.4 is 5.32 Å². The van der Waals surface area contributed by atoms with Crippen LogP contribution in [0.4, 0.5) is 5.69 Å². The molecule has 0 aliphatic carbocycles. The van der Waals surface area contributed by atoms with E-state index in [1.807, 2.05) is 17.8 Å². The lowest BCUT2D eigenvalue weighted by molar-refractivity contribution is 0.101. The van der Waals surface area contributed by atoms with E-state index in [1.165, 1.54) is 19.1 Å². The number of Topliss-reactive ketones (excluding diaryl/α,β-unsaturated/α-hetero) is 1. The molecule has 0 unspecified atom stereocenters. The maximum atomic E-state index is 11.8. The second-order valence-electron chi connectivity index (χ2n) is 5.17. The van der Waals surface area contributed by atoms with Gasteiger partial charge in [-0.25, -0.2) is 13.4 Å². The lowest BCUT2D eigenvalue weighted by Crippen LogP contribution is -2.12. The standard InChI is InChI=1S/C15H19N3O3S/c1-11(19)12-4-5-14(22(3,20)21)13(10-12)16-7-6-15-17-8-9-18(15)2/h4-5,8-10,16H,6-7H2,1-3H3. The van der Waals surface area contributed by atoms with Crippen molar-refractivity contribution in [2.24, 2.45) is 7.05 Å². The maximum absolute atomic E-state index is 11.8. The van der Waals surface area contributed by atoms with Gasteiger partial charge in [0.05, 0.1) is 10.6 Å². The Morgan fingerprint density at radius 1 is 1.36 bits per heavy atom.